The van der Waals surface area contributed by atoms with E-state index in [0.29, 0.717) is 11.3 Å². The second kappa shape index (κ2) is 9.31. The molecule has 3 rings (SSSR count). The maximum absolute atomic E-state index is 13.1. The molecule has 0 unspecified atom stereocenters. The van der Waals surface area contributed by atoms with Crippen molar-refractivity contribution in [3.8, 4) is 0 Å². The Kier molecular flexibility index (Phi) is 6.75. The first-order valence-corrected chi connectivity index (χ1v) is 11.7. The van der Waals surface area contributed by atoms with Crippen molar-refractivity contribution in [1.29, 1.82) is 0 Å². The second-order valence-electron chi connectivity index (χ2n) is 7.55. The Bertz CT molecular complexity index is 1160. The highest BCUT2D eigenvalue weighted by molar-refractivity contribution is 7.92. The summed E-state index contributed by atoms with van der Waals surface area (Å²) < 4.78 is 39.1. The van der Waals surface area contributed by atoms with Crippen molar-refractivity contribution in [2.24, 2.45) is 0 Å². The molecule has 0 heterocycles. The van der Waals surface area contributed by atoms with Crippen LogP contribution in [-0.4, -0.2) is 20.6 Å². The highest BCUT2D eigenvalue weighted by atomic mass is 32.2. The van der Waals surface area contributed by atoms with Crippen LogP contribution in [0.4, 0.5) is 10.1 Å². The van der Waals surface area contributed by atoms with Gasteiger partial charge in [0, 0.05) is 5.56 Å². The highest BCUT2D eigenvalue weighted by Gasteiger charge is 2.18. The van der Waals surface area contributed by atoms with Gasteiger partial charge in [0.1, 0.15) is 5.82 Å². The minimum Gasteiger partial charge on any atom is -0.346 e. The van der Waals surface area contributed by atoms with Crippen molar-refractivity contribution in [2.75, 3.05) is 10.6 Å². The highest BCUT2D eigenvalue weighted by Crippen LogP contribution is 2.22. The largest absolute Gasteiger partial charge is 0.346 e. The summed E-state index contributed by atoms with van der Waals surface area (Å²) in [4.78, 5) is 12.6. The van der Waals surface area contributed by atoms with Crippen LogP contribution < -0.4 is 9.62 Å². The van der Waals surface area contributed by atoms with Gasteiger partial charge in [-0.3, -0.25) is 9.10 Å². The first-order valence-electron chi connectivity index (χ1n) is 9.83. The summed E-state index contributed by atoms with van der Waals surface area (Å²) in [6.45, 7) is 3.89. The van der Waals surface area contributed by atoms with Gasteiger partial charge in [0.05, 0.1) is 24.5 Å². The fraction of sp³-hybridized carbons (Fsp3) is 0.208. The summed E-state index contributed by atoms with van der Waals surface area (Å²) >= 11 is 0. The summed E-state index contributed by atoms with van der Waals surface area (Å²) in [5.41, 5.74) is 3.58. The van der Waals surface area contributed by atoms with Crippen LogP contribution in [0.5, 0.6) is 0 Å². The lowest BCUT2D eigenvalue weighted by Gasteiger charge is -2.23. The molecule has 0 saturated heterocycles. The van der Waals surface area contributed by atoms with Gasteiger partial charge < -0.3 is 5.32 Å². The van der Waals surface area contributed by atoms with E-state index in [-0.39, 0.29) is 24.3 Å². The van der Waals surface area contributed by atoms with Gasteiger partial charge in [0.2, 0.25) is 10.0 Å². The summed E-state index contributed by atoms with van der Waals surface area (Å²) in [6.07, 6.45) is 1.17. The van der Waals surface area contributed by atoms with Crippen LogP contribution in [0.2, 0.25) is 0 Å². The summed E-state index contributed by atoms with van der Waals surface area (Å²) in [5.74, 6) is -0.589. The third-order valence-corrected chi connectivity index (χ3v) is 6.09. The van der Waals surface area contributed by atoms with E-state index in [1.54, 1.807) is 42.5 Å². The number of nitrogens with zero attached hydrogens (tertiary/aromatic N) is 1. The molecule has 5 nitrogen and oxygen atoms in total. The normalized spacial score (nSPS) is 12.3. The molecule has 0 aliphatic rings. The van der Waals surface area contributed by atoms with Crippen LogP contribution in [0.15, 0.2) is 72.8 Å². The lowest BCUT2D eigenvalue weighted by molar-refractivity contribution is 0.0940. The van der Waals surface area contributed by atoms with E-state index in [2.05, 4.69) is 5.32 Å². The molecule has 0 aromatic heterocycles. The van der Waals surface area contributed by atoms with Crippen molar-refractivity contribution in [2.45, 2.75) is 26.4 Å². The number of rotatable bonds is 7. The molecule has 0 spiro atoms. The van der Waals surface area contributed by atoms with Crippen LogP contribution in [0.25, 0.3) is 0 Å². The molecular weight excluding hydrogens is 415 g/mol. The molecule has 7 heteroatoms. The zero-order valence-electron chi connectivity index (χ0n) is 17.7. The summed E-state index contributed by atoms with van der Waals surface area (Å²) in [7, 11) is -3.48. The molecule has 0 fully saturated rings. The van der Waals surface area contributed by atoms with E-state index >= 15 is 0 Å². The maximum atomic E-state index is 13.1. The summed E-state index contributed by atoms with van der Waals surface area (Å²) in [6, 6.07) is 19.8. The third kappa shape index (κ3) is 5.92. The van der Waals surface area contributed by atoms with E-state index < -0.39 is 10.0 Å². The summed E-state index contributed by atoms with van der Waals surface area (Å²) in [5, 5.41) is 2.88. The Labute approximate surface area is 182 Å². The number of halogens is 1. The molecule has 1 N–H and O–H groups in total. The smallest absolute Gasteiger partial charge is 0.251 e. The number of aryl methyl sites for hydroxylation is 1. The molecule has 1 atom stereocenters. The van der Waals surface area contributed by atoms with Crippen LogP contribution in [0.1, 0.15) is 40.0 Å². The number of carbonyl (C=O) groups is 1. The van der Waals surface area contributed by atoms with Crippen LogP contribution >= 0.6 is 0 Å². The van der Waals surface area contributed by atoms with Gasteiger partial charge in [-0.25, -0.2) is 12.8 Å². The molecule has 1 amide bonds. The van der Waals surface area contributed by atoms with Gasteiger partial charge in [0.15, 0.2) is 0 Å². The number of amides is 1. The number of hydrogen-bond donors (Lipinski definition) is 1. The topological polar surface area (TPSA) is 66.5 Å². The third-order valence-electron chi connectivity index (χ3n) is 4.95. The van der Waals surface area contributed by atoms with Gasteiger partial charge in [0.25, 0.3) is 5.91 Å². The number of anilines is 1. The fourth-order valence-corrected chi connectivity index (χ4v) is 4.11. The van der Waals surface area contributed by atoms with Crippen molar-refractivity contribution in [3.63, 3.8) is 0 Å². The Hall–Kier alpha value is -3.19. The predicted octanol–water partition coefficient (Wildman–Crippen LogP) is 4.59. The average Bonchev–Trinajstić information content (AvgIpc) is 2.72. The Balaban J connectivity index is 1.72. The molecule has 0 aliphatic heterocycles. The van der Waals surface area contributed by atoms with Crippen LogP contribution in [0, 0.1) is 12.7 Å². The van der Waals surface area contributed by atoms with Gasteiger partial charge in [-0.15, -0.1) is 0 Å². The van der Waals surface area contributed by atoms with E-state index in [1.807, 2.05) is 32.0 Å². The fourth-order valence-electron chi connectivity index (χ4n) is 3.23. The van der Waals surface area contributed by atoms with E-state index in [0.717, 1.165) is 16.7 Å². The Morgan fingerprint density at radius 1 is 1.03 bits per heavy atom. The Morgan fingerprint density at radius 3 is 2.26 bits per heavy atom. The number of carbonyl (C=O) groups excluding carboxylic acids is 1. The van der Waals surface area contributed by atoms with Crippen LogP contribution in [0.3, 0.4) is 0 Å². The standard InChI is InChI=1S/C24H25FN2O3S/c1-17-5-4-6-23(15-17)27(31(3,29)30)16-19-7-9-21(10-8-19)24(28)26-18(2)20-11-13-22(25)14-12-20/h4-15,18H,16H2,1-3H3,(H,26,28)/t18-/m0/s1. The molecule has 3 aromatic carbocycles. The molecule has 162 valence electrons. The van der Waals surface area contributed by atoms with Crippen molar-refractivity contribution in [3.05, 3.63) is 101 Å². The maximum Gasteiger partial charge on any atom is 0.251 e. The number of nitrogens with one attached hydrogen (secondary N) is 1. The molecule has 0 radical (unpaired) electrons. The average molecular weight is 441 g/mol. The van der Waals surface area contributed by atoms with Crippen LogP contribution in [-0.2, 0) is 16.6 Å². The number of sulfonamides is 1. The van der Waals surface area contributed by atoms with Gasteiger partial charge in [-0.05, 0) is 66.9 Å². The Morgan fingerprint density at radius 2 is 1.68 bits per heavy atom. The minimum atomic E-state index is -3.48. The van der Waals surface area contributed by atoms with Crippen molar-refractivity contribution >= 4 is 21.6 Å². The minimum absolute atomic E-state index is 0.163. The monoisotopic (exact) mass is 440 g/mol. The van der Waals surface area contributed by atoms with Crippen molar-refractivity contribution < 1.29 is 17.6 Å². The predicted molar refractivity (Wildman–Crippen MR) is 121 cm³/mol. The second-order valence-corrected chi connectivity index (χ2v) is 9.46. The van der Waals surface area contributed by atoms with E-state index in [4.69, 9.17) is 0 Å². The molecule has 0 saturated carbocycles. The first-order chi connectivity index (χ1) is 14.6. The molecule has 0 aliphatic carbocycles. The SMILES string of the molecule is Cc1cccc(N(Cc2ccc(C(=O)N[C@@H](C)c3ccc(F)cc3)cc2)S(C)(=O)=O)c1. The molecule has 3 aromatic rings. The molecule has 31 heavy (non-hydrogen) atoms. The van der Waals surface area contributed by atoms with Gasteiger partial charge in [-0.1, -0.05) is 36.4 Å². The zero-order chi connectivity index (χ0) is 22.6. The zero-order valence-corrected chi connectivity index (χ0v) is 18.5. The van der Waals surface area contributed by atoms with Crippen molar-refractivity contribution in [1.82, 2.24) is 5.32 Å². The first kappa shape index (κ1) is 22.5. The number of hydrogen-bond acceptors (Lipinski definition) is 3. The van der Waals surface area contributed by atoms with E-state index in [9.17, 15) is 17.6 Å². The van der Waals surface area contributed by atoms with Gasteiger partial charge >= 0.3 is 0 Å². The number of benzene rings is 3. The lowest BCUT2D eigenvalue weighted by atomic mass is 10.1. The molecule has 0 bridgehead atoms. The molecular formula is C24H25FN2O3S. The van der Waals surface area contributed by atoms with Gasteiger partial charge in [-0.2, -0.15) is 0 Å². The lowest BCUT2D eigenvalue weighted by Crippen LogP contribution is -2.29. The van der Waals surface area contributed by atoms with E-state index in [1.165, 1.54) is 22.7 Å². The quantitative estimate of drug-likeness (QED) is 0.584.